The predicted octanol–water partition coefficient (Wildman–Crippen LogP) is -2.12. The van der Waals surface area contributed by atoms with Crippen LogP contribution in [0.1, 0.15) is 19.5 Å². The van der Waals surface area contributed by atoms with E-state index in [0.29, 0.717) is 5.69 Å². The third kappa shape index (κ3) is 3.05. The quantitative estimate of drug-likeness (QED) is 0.575. The Morgan fingerprint density at radius 3 is 2.43 bits per heavy atom. The molecule has 1 aromatic rings. The zero-order valence-electron chi connectivity index (χ0n) is 8.37. The van der Waals surface area contributed by atoms with Crippen molar-refractivity contribution in [1.82, 2.24) is 4.98 Å². The smallest absolute Gasteiger partial charge is 0.549 e. The van der Waals surface area contributed by atoms with E-state index < -0.39 is 11.4 Å². The first-order valence-corrected chi connectivity index (χ1v) is 4.57. The van der Waals surface area contributed by atoms with Crippen molar-refractivity contribution in [3.63, 3.8) is 0 Å². The standard InChI is InChI=1S/C9H10BrNO2.Na/c1-9(2,8(12)13)7-4-3-6(10)5-11-7;/h3-5H,1-2H3,(H,12,13);/q;+1/p-1. The summed E-state index contributed by atoms with van der Waals surface area (Å²) in [6, 6.07) is 3.42. The van der Waals surface area contributed by atoms with Crippen LogP contribution in [0.2, 0.25) is 0 Å². The van der Waals surface area contributed by atoms with Gasteiger partial charge in [-0.3, -0.25) is 4.98 Å². The first kappa shape index (κ1) is 14.1. The number of rotatable bonds is 2. The minimum atomic E-state index is -1.12. The molecule has 0 aliphatic rings. The Hall–Kier alpha value is 0.1000. The van der Waals surface area contributed by atoms with Crippen LogP contribution in [0.4, 0.5) is 0 Å². The normalized spacial score (nSPS) is 10.5. The van der Waals surface area contributed by atoms with Gasteiger partial charge in [0, 0.05) is 16.1 Å². The summed E-state index contributed by atoms with van der Waals surface area (Å²) in [7, 11) is 0. The predicted molar refractivity (Wildman–Crippen MR) is 50.0 cm³/mol. The molecule has 14 heavy (non-hydrogen) atoms. The van der Waals surface area contributed by atoms with Gasteiger partial charge in [-0.15, -0.1) is 0 Å². The van der Waals surface area contributed by atoms with Gasteiger partial charge in [-0.1, -0.05) is 0 Å². The van der Waals surface area contributed by atoms with E-state index in [-0.39, 0.29) is 29.6 Å². The molecule has 1 rings (SSSR count). The Labute approximate surface area is 113 Å². The van der Waals surface area contributed by atoms with Gasteiger partial charge < -0.3 is 9.90 Å². The topological polar surface area (TPSA) is 53.0 Å². The third-order valence-electron chi connectivity index (χ3n) is 1.88. The molecule has 1 aromatic heterocycles. The second kappa shape index (κ2) is 5.26. The van der Waals surface area contributed by atoms with E-state index in [9.17, 15) is 9.90 Å². The molecular formula is C9H9BrNNaO2. The number of carboxylic acids is 1. The number of carbonyl (C=O) groups excluding carboxylic acids is 1. The van der Waals surface area contributed by atoms with Crippen LogP contribution in [0.15, 0.2) is 22.8 Å². The molecule has 0 spiro atoms. The fourth-order valence-electron chi connectivity index (χ4n) is 0.850. The van der Waals surface area contributed by atoms with Crippen molar-refractivity contribution in [3.8, 4) is 0 Å². The summed E-state index contributed by atoms with van der Waals surface area (Å²) in [5, 5.41) is 10.7. The molecule has 1 heterocycles. The van der Waals surface area contributed by atoms with Gasteiger partial charge in [0.1, 0.15) is 0 Å². The van der Waals surface area contributed by atoms with E-state index in [1.165, 1.54) is 0 Å². The molecule has 0 amide bonds. The summed E-state index contributed by atoms with van der Waals surface area (Å²) in [6.07, 6.45) is 1.57. The number of aromatic nitrogens is 1. The van der Waals surface area contributed by atoms with E-state index in [4.69, 9.17) is 0 Å². The van der Waals surface area contributed by atoms with E-state index >= 15 is 0 Å². The molecule has 3 nitrogen and oxygen atoms in total. The van der Waals surface area contributed by atoms with Crippen molar-refractivity contribution >= 4 is 21.9 Å². The van der Waals surface area contributed by atoms with Gasteiger partial charge in [-0.2, -0.15) is 0 Å². The summed E-state index contributed by atoms with van der Waals surface area (Å²) in [5.41, 5.74) is -0.545. The molecular weight excluding hydrogens is 257 g/mol. The second-order valence-electron chi connectivity index (χ2n) is 3.27. The van der Waals surface area contributed by atoms with Crippen LogP contribution < -0.4 is 34.7 Å². The summed E-state index contributed by atoms with van der Waals surface area (Å²) in [5.74, 6) is -1.12. The molecule has 0 aliphatic heterocycles. The molecule has 0 N–H and O–H groups in total. The van der Waals surface area contributed by atoms with Gasteiger partial charge in [0.15, 0.2) is 0 Å². The second-order valence-corrected chi connectivity index (χ2v) is 4.19. The Morgan fingerprint density at radius 2 is 2.07 bits per heavy atom. The zero-order valence-corrected chi connectivity index (χ0v) is 12.0. The summed E-state index contributed by atoms with van der Waals surface area (Å²) < 4.78 is 0.824. The van der Waals surface area contributed by atoms with E-state index in [2.05, 4.69) is 20.9 Å². The number of nitrogens with zero attached hydrogens (tertiary/aromatic N) is 1. The van der Waals surface area contributed by atoms with Crippen molar-refractivity contribution in [1.29, 1.82) is 0 Å². The van der Waals surface area contributed by atoms with Gasteiger partial charge in [-0.05, 0) is 41.9 Å². The summed E-state index contributed by atoms with van der Waals surface area (Å²) in [6.45, 7) is 3.14. The van der Waals surface area contributed by atoms with Gasteiger partial charge in [-0.25, -0.2) is 0 Å². The number of hydrogen-bond donors (Lipinski definition) is 0. The molecule has 0 aliphatic carbocycles. The van der Waals surface area contributed by atoms with Crippen LogP contribution in [-0.2, 0) is 10.2 Å². The molecule has 0 aromatic carbocycles. The Kier molecular flexibility index (Phi) is 5.30. The maximum atomic E-state index is 10.7. The first-order chi connectivity index (χ1) is 5.94. The number of halogens is 1. The van der Waals surface area contributed by atoms with E-state index in [0.717, 1.165) is 4.47 Å². The monoisotopic (exact) mass is 265 g/mol. The maximum absolute atomic E-state index is 10.7. The molecule has 5 heteroatoms. The molecule has 0 bridgehead atoms. The largest absolute Gasteiger partial charge is 1.00 e. The molecule has 0 radical (unpaired) electrons. The van der Waals surface area contributed by atoms with Crippen LogP contribution >= 0.6 is 15.9 Å². The van der Waals surface area contributed by atoms with Crippen molar-refractivity contribution < 1.29 is 39.5 Å². The third-order valence-corrected chi connectivity index (χ3v) is 2.35. The Morgan fingerprint density at radius 1 is 1.50 bits per heavy atom. The van der Waals surface area contributed by atoms with Gasteiger partial charge >= 0.3 is 29.6 Å². The fourth-order valence-corrected chi connectivity index (χ4v) is 1.08. The van der Waals surface area contributed by atoms with Gasteiger partial charge in [0.05, 0.1) is 11.7 Å². The molecule has 0 saturated heterocycles. The zero-order chi connectivity index (χ0) is 10.1. The van der Waals surface area contributed by atoms with Crippen LogP contribution in [0.3, 0.4) is 0 Å². The SMILES string of the molecule is CC(C)(C(=O)[O-])c1ccc(Br)cn1.[Na+]. The van der Waals surface area contributed by atoms with Crippen LogP contribution in [-0.4, -0.2) is 11.0 Å². The number of carboxylic acid groups (broad SMARTS) is 1. The van der Waals surface area contributed by atoms with Crippen LogP contribution in [0, 0.1) is 0 Å². The summed E-state index contributed by atoms with van der Waals surface area (Å²) >= 11 is 3.22. The number of carbonyl (C=O) groups is 1. The van der Waals surface area contributed by atoms with E-state index in [1.54, 1.807) is 32.2 Å². The van der Waals surface area contributed by atoms with Crippen LogP contribution in [0.5, 0.6) is 0 Å². The summed E-state index contributed by atoms with van der Waals surface area (Å²) in [4.78, 5) is 14.7. The average molecular weight is 266 g/mol. The molecule has 70 valence electrons. The average Bonchev–Trinajstić information content (AvgIpc) is 2.04. The van der Waals surface area contributed by atoms with Gasteiger partial charge in [0.25, 0.3) is 0 Å². The minimum Gasteiger partial charge on any atom is -0.549 e. The number of pyridine rings is 1. The molecule has 0 fully saturated rings. The Bertz CT molecular complexity index is 324. The van der Waals surface area contributed by atoms with Crippen molar-refractivity contribution in [3.05, 3.63) is 28.5 Å². The molecule has 0 atom stereocenters. The molecule has 0 unspecified atom stereocenters. The fraction of sp³-hybridized carbons (Fsp3) is 0.333. The minimum absolute atomic E-state index is 0. The van der Waals surface area contributed by atoms with Crippen molar-refractivity contribution in [2.75, 3.05) is 0 Å². The number of aliphatic carboxylic acids is 1. The Balaban J connectivity index is 0.00000169. The van der Waals surface area contributed by atoms with Gasteiger partial charge in [0.2, 0.25) is 0 Å². The van der Waals surface area contributed by atoms with Crippen LogP contribution in [0.25, 0.3) is 0 Å². The van der Waals surface area contributed by atoms with Crippen molar-refractivity contribution in [2.45, 2.75) is 19.3 Å². The van der Waals surface area contributed by atoms with Crippen molar-refractivity contribution in [2.24, 2.45) is 0 Å². The number of hydrogen-bond acceptors (Lipinski definition) is 3. The first-order valence-electron chi connectivity index (χ1n) is 3.78. The molecule has 0 saturated carbocycles. The van der Waals surface area contributed by atoms with E-state index in [1.807, 2.05) is 0 Å². The maximum Gasteiger partial charge on any atom is 1.00 e.